The first kappa shape index (κ1) is 16.0. The minimum atomic E-state index is -0.716. The average Bonchev–Trinajstić information content (AvgIpc) is 2.67. The molecule has 1 aliphatic heterocycles. The Balaban J connectivity index is 1.73. The molecule has 3 aromatic carbocycles. The number of fused-ring (bicyclic) bond motifs is 1. The molecule has 1 heterocycles. The molecule has 126 valence electrons. The van der Waals surface area contributed by atoms with Crippen LogP contribution < -0.4 is 10.7 Å². The van der Waals surface area contributed by atoms with Gasteiger partial charge in [0.1, 0.15) is 5.82 Å². The van der Waals surface area contributed by atoms with Gasteiger partial charge in [0.25, 0.3) is 5.91 Å². The fourth-order valence-corrected chi connectivity index (χ4v) is 2.77. The summed E-state index contributed by atoms with van der Waals surface area (Å²) in [4.78, 5) is 25.6. The molecule has 0 aromatic heterocycles. The molecule has 4 nitrogen and oxygen atoms in total. The van der Waals surface area contributed by atoms with E-state index in [1.807, 2.05) is 42.5 Å². The lowest BCUT2D eigenvalue weighted by Gasteiger charge is -2.14. The number of hydrogen-bond donors (Lipinski definition) is 0. The second-order valence-corrected chi connectivity index (χ2v) is 5.84. The summed E-state index contributed by atoms with van der Waals surface area (Å²) in [6.45, 7) is 0. The SMILES string of the molecule is O=C1N=c2ccccc2=NC1c1ccccc1N=Cc1ccc(F)cc1. The molecule has 0 saturated heterocycles. The topological polar surface area (TPSA) is 54.1 Å². The summed E-state index contributed by atoms with van der Waals surface area (Å²) in [6.07, 6.45) is 1.64. The summed E-state index contributed by atoms with van der Waals surface area (Å²) in [7, 11) is 0. The minimum Gasteiger partial charge on any atom is -0.270 e. The molecule has 0 fully saturated rings. The van der Waals surface area contributed by atoms with Crippen molar-refractivity contribution >= 4 is 17.8 Å². The van der Waals surface area contributed by atoms with Gasteiger partial charge in [-0.05, 0) is 35.9 Å². The van der Waals surface area contributed by atoms with Crippen LogP contribution in [0.15, 0.2) is 87.8 Å². The van der Waals surface area contributed by atoms with Gasteiger partial charge in [-0.3, -0.25) is 14.8 Å². The lowest BCUT2D eigenvalue weighted by atomic mass is 10.0. The second kappa shape index (κ2) is 6.80. The number of nitrogens with zero attached hydrogens (tertiary/aromatic N) is 3. The normalized spacial score (nSPS) is 16.0. The molecule has 0 aliphatic carbocycles. The van der Waals surface area contributed by atoms with Crippen LogP contribution >= 0.6 is 0 Å². The smallest absolute Gasteiger partial charge is 0.270 e. The Morgan fingerprint density at radius 2 is 1.58 bits per heavy atom. The van der Waals surface area contributed by atoms with Gasteiger partial charge in [-0.15, -0.1) is 0 Å². The fraction of sp³-hybridized carbons (Fsp3) is 0.0476. The van der Waals surface area contributed by atoms with E-state index in [1.54, 1.807) is 24.4 Å². The number of carbonyl (C=O) groups is 1. The van der Waals surface area contributed by atoms with Crippen molar-refractivity contribution in [3.8, 4) is 0 Å². The van der Waals surface area contributed by atoms with E-state index < -0.39 is 6.04 Å². The van der Waals surface area contributed by atoms with E-state index in [2.05, 4.69) is 15.0 Å². The number of halogens is 1. The Kier molecular flexibility index (Phi) is 4.19. The van der Waals surface area contributed by atoms with Crippen molar-refractivity contribution < 1.29 is 9.18 Å². The zero-order chi connectivity index (χ0) is 17.9. The number of carbonyl (C=O) groups excluding carboxylic acids is 1. The van der Waals surface area contributed by atoms with Crippen molar-refractivity contribution in [1.82, 2.24) is 0 Å². The summed E-state index contributed by atoms with van der Waals surface area (Å²) in [5, 5.41) is 1.27. The standard InChI is InChI=1S/C21H14FN3O/c22-15-11-9-14(10-12-15)13-23-17-6-2-1-5-16(17)20-21(26)25-19-8-4-3-7-18(19)24-20/h1-13,20H. The van der Waals surface area contributed by atoms with Gasteiger partial charge in [0.05, 0.1) is 16.4 Å². The molecule has 0 radical (unpaired) electrons. The van der Waals surface area contributed by atoms with Crippen LogP contribution in [0.25, 0.3) is 0 Å². The van der Waals surface area contributed by atoms with E-state index in [9.17, 15) is 9.18 Å². The first-order valence-electron chi connectivity index (χ1n) is 8.15. The first-order chi connectivity index (χ1) is 12.7. The van der Waals surface area contributed by atoms with Crippen LogP contribution in [-0.2, 0) is 4.79 Å². The lowest BCUT2D eigenvalue weighted by molar-refractivity contribution is -0.119. The number of aliphatic imine (C=N–C) groups is 1. The van der Waals surface area contributed by atoms with E-state index in [0.29, 0.717) is 22.0 Å². The third-order valence-electron chi connectivity index (χ3n) is 4.07. The lowest BCUT2D eigenvalue weighted by Crippen LogP contribution is -2.33. The highest BCUT2D eigenvalue weighted by molar-refractivity contribution is 5.87. The van der Waals surface area contributed by atoms with Crippen molar-refractivity contribution in [2.24, 2.45) is 15.0 Å². The van der Waals surface area contributed by atoms with Gasteiger partial charge in [-0.25, -0.2) is 9.38 Å². The van der Waals surface area contributed by atoms with Crippen molar-refractivity contribution in [2.45, 2.75) is 6.04 Å². The zero-order valence-electron chi connectivity index (χ0n) is 13.7. The molecule has 0 N–H and O–H groups in total. The Labute approximate surface area is 149 Å². The maximum absolute atomic E-state index is 13.0. The average molecular weight is 343 g/mol. The number of hydrogen-bond acceptors (Lipinski definition) is 3. The zero-order valence-corrected chi connectivity index (χ0v) is 13.7. The molecule has 26 heavy (non-hydrogen) atoms. The van der Waals surface area contributed by atoms with Crippen LogP contribution in [0.1, 0.15) is 17.2 Å². The predicted octanol–water partition coefficient (Wildman–Crippen LogP) is 3.10. The molecular weight excluding hydrogens is 329 g/mol. The minimum absolute atomic E-state index is 0.297. The van der Waals surface area contributed by atoms with Gasteiger partial charge in [0, 0.05) is 11.8 Å². The summed E-state index contributed by atoms with van der Waals surface area (Å²) in [5.41, 5.74) is 2.09. The number of benzene rings is 3. The third kappa shape index (κ3) is 3.19. The Morgan fingerprint density at radius 1 is 0.885 bits per heavy atom. The van der Waals surface area contributed by atoms with E-state index in [1.165, 1.54) is 12.1 Å². The van der Waals surface area contributed by atoms with Crippen LogP contribution in [-0.4, -0.2) is 12.1 Å². The van der Waals surface area contributed by atoms with Crippen LogP contribution in [0.3, 0.4) is 0 Å². The van der Waals surface area contributed by atoms with E-state index in [-0.39, 0.29) is 11.7 Å². The molecule has 0 spiro atoms. The molecule has 5 heteroatoms. The molecule has 1 atom stereocenters. The van der Waals surface area contributed by atoms with Gasteiger partial charge in [0.15, 0.2) is 6.04 Å². The third-order valence-corrected chi connectivity index (χ3v) is 4.07. The van der Waals surface area contributed by atoms with Crippen molar-refractivity contribution in [3.05, 3.63) is 100 Å². The van der Waals surface area contributed by atoms with Crippen LogP contribution in [0, 0.1) is 5.82 Å². The van der Waals surface area contributed by atoms with Crippen molar-refractivity contribution in [1.29, 1.82) is 0 Å². The quantitative estimate of drug-likeness (QED) is 0.674. The molecule has 4 rings (SSSR count). The van der Waals surface area contributed by atoms with Gasteiger partial charge < -0.3 is 0 Å². The van der Waals surface area contributed by atoms with Gasteiger partial charge in [-0.2, -0.15) is 0 Å². The van der Waals surface area contributed by atoms with Crippen molar-refractivity contribution in [3.63, 3.8) is 0 Å². The van der Waals surface area contributed by atoms with Crippen LogP contribution in [0.4, 0.5) is 10.1 Å². The highest BCUT2D eigenvalue weighted by Crippen LogP contribution is 2.29. The van der Waals surface area contributed by atoms with Crippen molar-refractivity contribution in [2.75, 3.05) is 0 Å². The molecule has 3 aromatic rings. The van der Waals surface area contributed by atoms with Crippen LogP contribution in [0.5, 0.6) is 0 Å². The number of para-hydroxylation sites is 3. The van der Waals surface area contributed by atoms with Gasteiger partial charge in [0.2, 0.25) is 0 Å². The first-order valence-corrected chi connectivity index (χ1v) is 8.15. The second-order valence-electron chi connectivity index (χ2n) is 5.84. The molecule has 1 aliphatic rings. The summed E-state index contributed by atoms with van der Waals surface area (Å²) < 4.78 is 13.0. The maximum atomic E-state index is 13.0. The Morgan fingerprint density at radius 3 is 2.38 bits per heavy atom. The van der Waals surface area contributed by atoms with E-state index in [4.69, 9.17) is 0 Å². The molecule has 0 bridgehead atoms. The largest absolute Gasteiger partial charge is 0.275 e. The summed E-state index contributed by atoms with van der Waals surface area (Å²) in [6, 6.07) is 20.0. The monoisotopic (exact) mass is 343 g/mol. The number of amides is 1. The maximum Gasteiger partial charge on any atom is 0.275 e. The fourth-order valence-electron chi connectivity index (χ4n) is 2.77. The van der Waals surface area contributed by atoms with Gasteiger partial charge in [-0.1, -0.05) is 42.5 Å². The van der Waals surface area contributed by atoms with E-state index in [0.717, 1.165) is 5.56 Å². The highest BCUT2D eigenvalue weighted by Gasteiger charge is 2.23. The molecule has 1 unspecified atom stereocenters. The van der Waals surface area contributed by atoms with Gasteiger partial charge >= 0.3 is 0 Å². The Hall–Kier alpha value is -3.47. The predicted molar refractivity (Wildman–Crippen MR) is 96.6 cm³/mol. The summed E-state index contributed by atoms with van der Waals surface area (Å²) in [5.74, 6) is -0.609. The molecule has 0 saturated carbocycles. The Bertz CT molecular complexity index is 1120. The highest BCUT2D eigenvalue weighted by atomic mass is 19.1. The van der Waals surface area contributed by atoms with E-state index >= 15 is 0 Å². The molecule has 1 amide bonds. The summed E-state index contributed by atoms with van der Waals surface area (Å²) >= 11 is 0. The molecular formula is C21H14FN3O. The number of rotatable bonds is 3. The van der Waals surface area contributed by atoms with Crippen LogP contribution in [0.2, 0.25) is 0 Å².